The van der Waals surface area contributed by atoms with E-state index in [-0.39, 0.29) is 5.41 Å². The first-order chi connectivity index (χ1) is 9.20. The highest BCUT2D eigenvalue weighted by atomic mass is 16.1. The quantitative estimate of drug-likeness (QED) is 0.718. The minimum atomic E-state index is -0.142. The fourth-order valence-corrected chi connectivity index (χ4v) is 6.32. The smallest absolute Gasteiger partial charge is 0.133 e. The van der Waals surface area contributed by atoms with Gasteiger partial charge in [-0.1, -0.05) is 0 Å². The molecule has 102 valence electrons. The van der Waals surface area contributed by atoms with Crippen LogP contribution in [-0.2, 0) is 4.79 Å². The molecule has 5 saturated carbocycles. The molecule has 2 heteroatoms. The van der Waals surface area contributed by atoms with Crippen LogP contribution in [0.3, 0.4) is 0 Å². The van der Waals surface area contributed by atoms with Crippen LogP contribution in [0.25, 0.3) is 0 Å². The second-order valence-electron chi connectivity index (χ2n) is 7.76. The van der Waals surface area contributed by atoms with Gasteiger partial charge in [0.15, 0.2) is 0 Å². The molecule has 0 radical (unpaired) electrons. The minimum Gasteiger partial charge on any atom is -0.300 e. The lowest BCUT2D eigenvalue weighted by atomic mass is 9.45. The van der Waals surface area contributed by atoms with Gasteiger partial charge in [0.2, 0.25) is 0 Å². The van der Waals surface area contributed by atoms with Crippen molar-refractivity contribution in [2.24, 2.45) is 35.0 Å². The standard InChI is InChI=1S/C17H23NO/c18-10-17(3-1-15(19)2-4-17)16-13-6-11-5-12(8-13)9-14(16)7-11/h11-14,16H,1-9H2. The van der Waals surface area contributed by atoms with Crippen LogP contribution in [0.5, 0.6) is 0 Å². The Kier molecular flexibility index (Phi) is 2.56. The highest BCUT2D eigenvalue weighted by Crippen LogP contribution is 2.63. The second kappa shape index (κ2) is 4.08. The molecule has 0 heterocycles. The van der Waals surface area contributed by atoms with E-state index >= 15 is 0 Å². The molecular formula is C17H23NO. The Balaban J connectivity index is 1.64. The Morgan fingerprint density at radius 1 is 0.947 bits per heavy atom. The number of Topliss-reactive ketones (excluding diaryl/α,β-unsaturated/α-hetero) is 1. The van der Waals surface area contributed by atoms with Crippen LogP contribution in [0, 0.1) is 46.3 Å². The number of hydrogen-bond acceptors (Lipinski definition) is 2. The van der Waals surface area contributed by atoms with Gasteiger partial charge in [-0.3, -0.25) is 4.79 Å². The number of nitrogens with zero attached hydrogens (tertiary/aromatic N) is 1. The SMILES string of the molecule is N#CC1(C2C3CC4CC(C3)CC2C4)CCC(=O)CC1. The zero-order valence-electron chi connectivity index (χ0n) is 11.6. The molecule has 5 aliphatic rings. The zero-order valence-corrected chi connectivity index (χ0v) is 11.6. The average Bonchev–Trinajstić information content (AvgIpc) is 2.40. The van der Waals surface area contributed by atoms with Crippen LogP contribution in [0.2, 0.25) is 0 Å². The van der Waals surface area contributed by atoms with E-state index in [4.69, 9.17) is 0 Å². The maximum absolute atomic E-state index is 11.5. The molecule has 0 spiro atoms. The molecule has 5 aliphatic carbocycles. The van der Waals surface area contributed by atoms with Gasteiger partial charge < -0.3 is 0 Å². The molecular weight excluding hydrogens is 234 g/mol. The summed E-state index contributed by atoms with van der Waals surface area (Å²) in [5, 5.41) is 9.85. The molecule has 0 unspecified atom stereocenters. The minimum absolute atomic E-state index is 0.142. The third-order valence-corrected chi connectivity index (χ3v) is 6.79. The van der Waals surface area contributed by atoms with Crippen molar-refractivity contribution in [3.8, 4) is 6.07 Å². The number of carbonyl (C=O) groups excluding carboxylic acids is 1. The van der Waals surface area contributed by atoms with E-state index in [2.05, 4.69) is 6.07 Å². The summed E-state index contributed by atoms with van der Waals surface area (Å²) in [6, 6.07) is 2.71. The highest BCUT2D eigenvalue weighted by molar-refractivity contribution is 5.79. The van der Waals surface area contributed by atoms with E-state index in [9.17, 15) is 10.1 Å². The summed E-state index contributed by atoms with van der Waals surface area (Å²) >= 11 is 0. The van der Waals surface area contributed by atoms with Crippen molar-refractivity contribution >= 4 is 5.78 Å². The first-order valence-electron chi connectivity index (χ1n) is 8.13. The van der Waals surface area contributed by atoms with Crippen LogP contribution in [-0.4, -0.2) is 5.78 Å². The Morgan fingerprint density at radius 2 is 1.47 bits per heavy atom. The molecule has 0 aliphatic heterocycles. The molecule has 4 bridgehead atoms. The molecule has 0 saturated heterocycles. The molecule has 0 aromatic carbocycles. The van der Waals surface area contributed by atoms with Crippen LogP contribution in [0.15, 0.2) is 0 Å². The highest BCUT2D eigenvalue weighted by Gasteiger charge is 2.56. The molecule has 5 fully saturated rings. The summed E-state index contributed by atoms with van der Waals surface area (Å²) in [6.07, 6.45) is 10.0. The fraction of sp³-hybridized carbons (Fsp3) is 0.882. The topological polar surface area (TPSA) is 40.9 Å². The van der Waals surface area contributed by atoms with Crippen molar-refractivity contribution in [3.63, 3.8) is 0 Å². The summed E-state index contributed by atoms with van der Waals surface area (Å²) in [4.78, 5) is 11.5. The third kappa shape index (κ3) is 1.70. The maximum atomic E-state index is 11.5. The van der Waals surface area contributed by atoms with Crippen LogP contribution >= 0.6 is 0 Å². The molecule has 2 nitrogen and oxygen atoms in total. The van der Waals surface area contributed by atoms with Crippen molar-refractivity contribution in [3.05, 3.63) is 0 Å². The predicted octanol–water partition coefficient (Wildman–Crippen LogP) is 3.71. The van der Waals surface area contributed by atoms with E-state index in [0.717, 1.165) is 36.5 Å². The van der Waals surface area contributed by atoms with Crippen molar-refractivity contribution in [1.82, 2.24) is 0 Å². The summed E-state index contributed by atoms with van der Waals surface area (Å²) in [5.41, 5.74) is -0.142. The van der Waals surface area contributed by atoms with E-state index in [1.807, 2.05) is 0 Å². The van der Waals surface area contributed by atoms with E-state index in [0.29, 0.717) is 24.5 Å². The van der Waals surface area contributed by atoms with Gasteiger partial charge >= 0.3 is 0 Å². The van der Waals surface area contributed by atoms with Gasteiger partial charge in [0, 0.05) is 12.8 Å². The molecule has 19 heavy (non-hydrogen) atoms. The van der Waals surface area contributed by atoms with Crippen LogP contribution < -0.4 is 0 Å². The lowest BCUT2D eigenvalue weighted by molar-refractivity contribution is -0.127. The first kappa shape index (κ1) is 11.9. The summed E-state index contributed by atoms with van der Waals surface area (Å²) in [7, 11) is 0. The number of hydrogen-bond donors (Lipinski definition) is 0. The molecule has 0 atom stereocenters. The lowest BCUT2D eigenvalue weighted by Crippen LogP contribution is -2.52. The van der Waals surface area contributed by atoms with Crippen LogP contribution in [0.4, 0.5) is 0 Å². The van der Waals surface area contributed by atoms with Gasteiger partial charge in [0.05, 0.1) is 11.5 Å². The van der Waals surface area contributed by atoms with E-state index in [1.54, 1.807) is 0 Å². The zero-order chi connectivity index (χ0) is 13.0. The Bertz CT molecular complexity index is 409. The van der Waals surface area contributed by atoms with Crippen molar-refractivity contribution < 1.29 is 4.79 Å². The van der Waals surface area contributed by atoms with E-state index in [1.165, 1.54) is 32.1 Å². The molecule has 0 N–H and O–H groups in total. The molecule has 5 rings (SSSR count). The van der Waals surface area contributed by atoms with Gasteiger partial charge in [-0.15, -0.1) is 0 Å². The average molecular weight is 257 g/mol. The second-order valence-corrected chi connectivity index (χ2v) is 7.76. The molecule has 0 amide bonds. The van der Waals surface area contributed by atoms with Gasteiger partial charge in [0.1, 0.15) is 5.78 Å². The number of carbonyl (C=O) groups is 1. The predicted molar refractivity (Wildman–Crippen MR) is 72.1 cm³/mol. The molecule has 0 aromatic heterocycles. The monoisotopic (exact) mass is 257 g/mol. The summed E-state index contributed by atoms with van der Waals surface area (Å²) < 4.78 is 0. The largest absolute Gasteiger partial charge is 0.300 e. The Hall–Kier alpha value is -0.840. The van der Waals surface area contributed by atoms with E-state index < -0.39 is 0 Å². The Labute approximate surface area is 115 Å². The fourth-order valence-electron chi connectivity index (χ4n) is 6.32. The lowest BCUT2D eigenvalue weighted by Gasteiger charge is -2.59. The van der Waals surface area contributed by atoms with Gasteiger partial charge in [-0.05, 0) is 74.5 Å². The van der Waals surface area contributed by atoms with Crippen LogP contribution in [0.1, 0.15) is 57.8 Å². The number of ketones is 1. The summed E-state index contributed by atoms with van der Waals surface area (Å²) in [6.45, 7) is 0. The normalized spacial score (nSPS) is 47.1. The Morgan fingerprint density at radius 3 is 1.95 bits per heavy atom. The summed E-state index contributed by atoms with van der Waals surface area (Å²) in [5.74, 6) is 4.57. The van der Waals surface area contributed by atoms with Gasteiger partial charge in [0.25, 0.3) is 0 Å². The third-order valence-electron chi connectivity index (χ3n) is 6.79. The maximum Gasteiger partial charge on any atom is 0.133 e. The van der Waals surface area contributed by atoms with Gasteiger partial charge in [-0.25, -0.2) is 0 Å². The first-order valence-corrected chi connectivity index (χ1v) is 8.13. The number of rotatable bonds is 1. The number of nitriles is 1. The van der Waals surface area contributed by atoms with Crippen molar-refractivity contribution in [2.45, 2.75) is 57.8 Å². The van der Waals surface area contributed by atoms with Gasteiger partial charge in [-0.2, -0.15) is 5.26 Å². The van der Waals surface area contributed by atoms with Crippen molar-refractivity contribution in [1.29, 1.82) is 5.26 Å². The van der Waals surface area contributed by atoms with Crippen molar-refractivity contribution in [2.75, 3.05) is 0 Å². The molecule has 0 aromatic rings.